The predicted molar refractivity (Wildman–Crippen MR) is 83.0 cm³/mol. The second kappa shape index (κ2) is 5.41. The van der Waals surface area contributed by atoms with Gasteiger partial charge in [0.2, 0.25) is 0 Å². The number of aryl methyl sites for hydroxylation is 2. The van der Waals surface area contributed by atoms with E-state index in [0.717, 1.165) is 24.5 Å². The number of imidazole rings is 1. The minimum atomic E-state index is 0.966. The van der Waals surface area contributed by atoms with Gasteiger partial charge in [0.05, 0.1) is 5.69 Å². The van der Waals surface area contributed by atoms with Crippen molar-refractivity contribution in [2.24, 2.45) is 7.05 Å². The molecule has 0 amide bonds. The third-order valence-electron chi connectivity index (χ3n) is 4.44. The molecular weight excluding hydrogens is 246 g/mol. The Morgan fingerprint density at radius 2 is 2.05 bits per heavy atom. The van der Waals surface area contributed by atoms with Crippen LogP contribution in [-0.2, 0) is 26.3 Å². The number of nitrogens with one attached hydrogen (secondary N) is 1. The lowest BCUT2D eigenvalue weighted by molar-refractivity contribution is 0.710. The standard InChI is InChI=1S/C17H23N3/c1-12-17(19-16(20(12)3)9-10-18-2)15-8-7-13-5-4-6-14(13)11-15/h7-8,11,18H,4-6,9-10H2,1-3H3. The van der Waals surface area contributed by atoms with E-state index in [9.17, 15) is 0 Å². The van der Waals surface area contributed by atoms with Crippen LogP contribution < -0.4 is 5.32 Å². The van der Waals surface area contributed by atoms with E-state index in [-0.39, 0.29) is 0 Å². The topological polar surface area (TPSA) is 29.9 Å². The Labute approximate surface area is 121 Å². The van der Waals surface area contributed by atoms with Crippen LogP contribution in [0.3, 0.4) is 0 Å². The van der Waals surface area contributed by atoms with Gasteiger partial charge in [-0.1, -0.05) is 12.1 Å². The molecule has 0 fully saturated rings. The van der Waals surface area contributed by atoms with Crippen molar-refractivity contribution in [3.05, 3.63) is 40.8 Å². The quantitative estimate of drug-likeness (QED) is 0.924. The molecule has 3 rings (SSSR count). The van der Waals surface area contributed by atoms with Crippen LogP contribution in [0.1, 0.15) is 29.1 Å². The third-order valence-corrected chi connectivity index (χ3v) is 4.44. The van der Waals surface area contributed by atoms with E-state index < -0.39 is 0 Å². The molecule has 1 aromatic heterocycles. The highest BCUT2D eigenvalue weighted by atomic mass is 15.1. The van der Waals surface area contributed by atoms with Gasteiger partial charge in [-0.15, -0.1) is 0 Å². The van der Waals surface area contributed by atoms with Gasteiger partial charge < -0.3 is 9.88 Å². The maximum absolute atomic E-state index is 4.87. The number of benzene rings is 1. The lowest BCUT2D eigenvalue weighted by Gasteiger charge is -2.04. The first kappa shape index (κ1) is 13.4. The molecule has 1 aliphatic carbocycles. The van der Waals surface area contributed by atoms with Crippen molar-refractivity contribution in [2.75, 3.05) is 13.6 Å². The van der Waals surface area contributed by atoms with Gasteiger partial charge in [0, 0.05) is 31.3 Å². The van der Waals surface area contributed by atoms with Crippen molar-refractivity contribution in [1.29, 1.82) is 0 Å². The summed E-state index contributed by atoms with van der Waals surface area (Å²) < 4.78 is 2.22. The monoisotopic (exact) mass is 269 g/mol. The second-order valence-corrected chi connectivity index (χ2v) is 5.71. The van der Waals surface area contributed by atoms with Gasteiger partial charge >= 0.3 is 0 Å². The average molecular weight is 269 g/mol. The van der Waals surface area contributed by atoms with Crippen LogP contribution in [0.25, 0.3) is 11.3 Å². The van der Waals surface area contributed by atoms with E-state index in [1.807, 2.05) is 7.05 Å². The van der Waals surface area contributed by atoms with Gasteiger partial charge in [0.15, 0.2) is 0 Å². The zero-order valence-corrected chi connectivity index (χ0v) is 12.7. The molecule has 0 spiro atoms. The number of aromatic nitrogens is 2. The van der Waals surface area contributed by atoms with Crippen molar-refractivity contribution in [1.82, 2.24) is 14.9 Å². The molecule has 2 aromatic rings. The SMILES string of the molecule is CNCCc1nc(-c2ccc3c(c2)CCC3)c(C)n1C. The molecule has 0 radical (unpaired) electrons. The number of likely N-dealkylation sites (N-methyl/N-ethyl adjacent to an activating group) is 1. The van der Waals surface area contributed by atoms with Crippen molar-refractivity contribution in [2.45, 2.75) is 32.6 Å². The van der Waals surface area contributed by atoms with Crippen LogP contribution in [0.2, 0.25) is 0 Å². The van der Waals surface area contributed by atoms with E-state index in [2.05, 4.69) is 42.1 Å². The molecule has 0 atom stereocenters. The Kier molecular flexibility index (Phi) is 3.62. The number of hydrogen-bond acceptors (Lipinski definition) is 2. The van der Waals surface area contributed by atoms with Crippen LogP contribution in [0, 0.1) is 6.92 Å². The fraction of sp³-hybridized carbons (Fsp3) is 0.471. The molecule has 1 aliphatic rings. The number of hydrogen-bond donors (Lipinski definition) is 1. The van der Waals surface area contributed by atoms with Gasteiger partial charge in [-0.25, -0.2) is 4.98 Å². The highest BCUT2D eigenvalue weighted by Gasteiger charge is 2.16. The first-order valence-electron chi connectivity index (χ1n) is 7.49. The maximum atomic E-state index is 4.87. The van der Waals surface area contributed by atoms with E-state index in [0.29, 0.717) is 0 Å². The summed E-state index contributed by atoms with van der Waals surface area (Å²) in [5.74, 6) is 1.16. The van der Waals surface area contributed by atoms with E-state index in [1.165, 1.54) is 41.6 Å². The molecule has 3 nitrogen and oxygen atoms in total. The van der Waals surface area contributed by atoms with E-state index >= 15 is 0 Å². The Bertz CT molecular complexity index is 625. The summed E-state index contributed by atoms with van der Waals surface area (Å²) in [4.78, 5) is 4.87. The summed E-state index contributed by atoms with van der Waals surface area (Å²) in [6.07, 6.45) is 4.73. The van der Waals surface area contributed by atoms with Gasteiger partial charge in [0.1, 0.15) is 5.82 Å². The molecular formula is C17H23N3. The van der Waals surface area contributed by atoms with Crippen LogP contribution in [-0.4, -0.2) is 23.1 Å². The fourth-order valence-corrected chi connectivity index (χ4v) is 3.09. The summed E-state index contributed by atoms with van der Waals surface area (Å²) in [7, 11) is 4.10. The van der Waals surface area contributed by atoms with Crippen molar-refractivity contribution < 1.29 is 0 Å². The second-order valence-electron chi connectivity index (χ2n) is 5.71. The zero-order valence-electron chi connectivity index (χ0n) is 12.7. The summed E-state index contributed by atoms with van der Waals surface area (Å²) >= 11 is 0. The highest BCUT2D eigenvalue weighted by Crippen LogP contribution is 2.29. The van der Waals surface area contributed by atoms with E-state index in [4.69, 9.17) is 4.98 Å². The summed E-state index contributed by atoms with van der Waals surface area (Å²) in [5, 5.41) is 3.19. The molecule has 1 aromatic carbocycles. The van der Waals surface area contributed by atoms with Crippen molar-refractivity contribution in [3.8, 4) is 11.3 Å². The smallest absolute Gasteiger partial charge is 0.110 e. The van der Waals surface area contributed by atoms with Crippen molar-refractivity contribution >= 4 is 0 Å². The minimum absolute atomic E-state index is 0.966. The fourth-order valence-electron chi connectivity index (χ4n) is 3.09. The van der Waals surface area contributed by atoms with Gasteiger partial charge in [-0.05, 0) is 50.4 Å². The predicted octanol–water partition coefficient (Wildman–Crippen LogP) is 2.65. The maximum Gasteiger partial charge on any atom is 0.110 e. The molecule has 0 saturated carbocycles. The molecule has 106 valence electrons. The Balaban J connectivity index is 1.97. The van der Waals surface area contributed by atoms with Gasteiger partial charge in [-0.2, -0.15) is 0 Å². The number of rotatable bonds is 4. The number of nitrogens with zero attached hydrogens (tertiary/aromatic N) is 2. The largest absolute Gasteiger partial charge is 0.335 e. The molecule has 0 bridgehead atoms. The van der Waals surface area contributed by atoms with Gasteiger partial charge in [-0.3, -0.25) is 0 Å². The van der Waals surface area contributed by atoms with Crippen LogP contribution in [0.5, 0.6) is 0 Å². The first-order chi connectivity index (χ1) is 9.70. The highest BCUT2D eigenvalue weighted by molar-refractivity contribution is 5.64. The Morgan fingerprint density at radius 1 is 1.25 bits per heavy atom. The normalized spacial score (nSPS) is 13.8. The summed E-state index contributed by atoms with van der Waals surface area (Å²) in [6, 6.07) is 6.87. The van der Waals surface area contributed by atoms with Gasteiger partial charge in [0.25, 0.3) is 0 Å². The Hall–Kier alpha value is -1.61. The molecule has 20 heavy (non-hydrogen) atoms. The summed E-state index contributed by atoms with van der Waals surface area (Å²) in [5.41, 5.74) is 6.72. The lowest BCUT2D eigenvalue weighted by Crippen LogP contribution is -2.13. The molecule has 1 N–H and O–H groups in total. The lowest BCUT2D eigenvalue weighted by atomic mass is 10.0. The molecule has 3 heteroatoms. The van der Waals surface area contributed by atoms with Crippen LogP contribution >= 0.6 is 0 Å². The Morgan fingerprint density at radius 3 is 2.85 bits per heavy atom. The molecule has 0 aliphatic heterocycles. The molecule has 0 saturated heterocycles. The third kappa shape index (κ3) is 2.27. The van der Waals surface area contributed by atoms with Crippen molar-refractivity contribution in [3.63, 3.8) is 0 Å². The molecule has 0 unspecified atom stereocenters. The van der Waals surface area contributed by atoms with Crippen LogP contribution in [0.15, 0.2) is 18.2 Å². The van der Waals surface area contributed by atoms with E-state index in [1.54, 1.807) is 0 Å². The van der Waals surface area contributed by atoms with Crippen LogP contribution in [0.4, 0.5) is 0 Å². The number of fused-ring (bicyclic) bond motifs is 1. The average Bonchev–Trinajstić information content (AvgIpc) is 3.03. The zero-order chi connectivity index (χ0) is 14.1. The molecule has 1 heterocycles. The first-order valence-corrected chi connectivity index (χ1v) is 7.49. The minimum Gasteiger partial charge on any atom is -0.335 e. The summed E-state index contributed by atoms with van der Waals surface area (Å²) in [6.45, 7) is 3.13.